The molecule has 2 N–H and O–H groups in total. The highest BCUT2D eigenvalue weighted by Crippen LogP contribution is 2.40. The fraction of sp³-hybridized carbons (Fsp3) is 0.867. The normalized spacial score (nSPS) is 25.6. The molecule has 1 atom stereocenters. The van der Waals surface area contributed by atoms with Gasteiger partial charge in [0, 0.05) is 32.1 Å². The predicted molar refractivity (Wildman–Crippen MR) is 87.8 cm³/mol. The number of nitrogens with one attached hydrogen (secondary N) is 1. The fourth-order valence-electron chi connectivity index (χ4n) is 3.48. The molecule has 3 saturated heterocycles. The number of nitrogens with zero attached hydrogens (tertiary/aromatic N) is 1. The van der Waals surface area contributed by atoms with Gasteiger partial charge in [0.1, 0.15) is 11.4 Å². The molecule has 3 aliphatic heterocycles. The minimum Gasteiger partial charge on any atom is -0.475 e. The molecule has 1 unspecified atom stereocenters. The van der Waals surface area contributed by atoms with E-state index in [4.69, 9.17) is 14.6 Å². The van der Waals surface area contributed by atoms with Crippen molar-refractivity contribution in [1.29, 1.82) is 0 Å². The van der Waals surface area contributed by atoms with E-state index in [1.807, 2.05) is 4.90 Å². The molecule has 3 aliphatic rings. The van der Waals surface area contributed by atoms with Crippen molar-refractivity contribution in [3.8, 4) is 0 Å². The van der Waals surface area contributed by atoms with E-state index in [9.17, 15) is 26.4 Å². The lowest BCUT2D eigenvalue weighted by Gasteiger charge is -2.42. The van der Waals surface area contributed by atoms with Crippen molar-refractivity contribution in [2.45, 2.75) is 30.2 Å². The number of alkyl halides is 3. The third-order valence-corrected chi connectivity index (χ3v) is 7.83. The lowest BCUT2D eigenvalue weighted by Crippen LogP contribution is -2.66. The Morgan fingerprint density at radius 1 is 1.22 bits per heavy atom. The summed E-state index contributed by atoms with van der Waals surface area (Å²) < 4.78 is 60.9. The van der Waals surface area contributed by atoms with Crippen LogP contribution in [-0.2, 0) is 24.2 Å². The Labute approximate surface area is 154 Å². The summed E-state index contributed by atoms with van der Waals surface area (Å²) in [6.07, 6.45) is -2.29. The van der Waals surface area contributed by atoms with E-state index in [1.54, 1.807) is 0 Å². The molecule has 0 aromatic carbocycles. The molecular formula is C15H23F3N2O6S. The van der Waals surface area contributed by atoms with Crippen LogP contribution in [0.15, 0.2) is 0 Å². The third-order valence-electron chi connectivity index (χ3n) is 5.19. The van der Waals surface area contributed by atoms with Gasteiger partial charge in [-0.25, -0.2) is 13.2 Å². The largest absolute Gasteiger partial charge is 0.490 e. The van der Waals surface area contributed by atoms with Crippen LogP contribution in [-0.4, -0.2) is 86.4 Å². The molecule has 12 heteroatoms. The number of sulfone groups is 1. The monoisotopic (exact) mass is 416 g/mol. The number of carboxylic acids is 1. The number of likely N-dealkylation sites (tertiary alicyclic amines) is 1. The maximum atomic E-state index is 12.1. The number of carbonyl (C=O) groups excluding carboxylic acids is 1. The standard InChI is InChI=1S/C13H22N2O4S.C2HF3O2/c16-12(15-4-1-2-5-15)8-19-7-11-3-6-20(17,18)13(11)9-14-10-13;3-2(4,5)1(6)7/h11,14H,1-10H2;(H,6,7). The van der Waals surface area contributed by atoms with E-state index in [1.165, 1.54) is 0 Å². The van der Waals surface area contributed by atoms with Crippen LogP contribution in [0.1, 0.15) is 19.3 Å². The van der Waals surface area contributed by atoms with Gasteiger partial charge in [-0.15, -0.1) is 0 Å². The quantitative estimate of drug-likeness (QED) is 0.665. The number of ether oxygens (including phenoxy) is 1. The Balaban J connectivity index is 0.000000321. The lowest BCUT2D eigenvalue weighted by molar-refractivity contribution is -0.192. The van der Waals surface area contributed by atoms with Crippen molar-refractivity contribution in [3.63, 3.8) is 0 Å². The number of aliphatic carboxylic acids is 1. The van der Waals surface area contributed by atoms with Crippen LogP contribution in [0.3, 0.4) is 0 Å². The van der Waals surface area contributed by atoms with Gasteiger partial charge >= 0.3 is 12.1 Å². The molecule has 0 saturated carbocycles. The van der Waals surface area contributed by atoms with E-state index in [0.29, 0.717) is 26.1 Å². The van der Waals surface area contributed by atoms with E-state index in [2.05, 4.69) is 5.32 Å². The average Bonchev–Trinajstić information content (AvgIpc) is 3.12. The predicted octanol–water partition coefficient (Wildman–Crippen LogP) is 0.0354. The first-order chi connectivity index (χ1) is 12.5. The summed E-state index contributed by atoms with van der Waals surface area (Å²) >= 11 is 0. The van der Waals surface area contributed by atoms with Crippen LogP contribution in [0.25, 0.3) is 0 Å². The number of hydrogen-bond donors (Lipinski definition) is 2. The fourth-order valence-corrected chi connectivity index (χ4v) is 5.82. The molecule has 0 bridgehead atoms. The van der Waals surface area contributed by atoms with Crippen LogP contribution in [0, 0.1) is 5.92 Å². The minimum atomic E-state index is -5.08. The summed E-state index contributed by atoms with van der Waals surface area (Å²) in [7, 11) is -3.00. The van der Waals surface area contributed by atoms with Crippen LogP contribution < -0.4 is 5.32 Å². The average molecular weight is 416 g/mol. The van der Waals surface area contributed by atoms with Gasteiger partial charge in [-0.1, -0.05) is 0 Å². The summed E-state index contributed by atoms with van der Waals surface area (Å²) in [6.45, 7) is 3.18. The Bertz CT molecular complexity index is 657. The van der Waals surface area contributed by atoms with Gasteiger partial charge in [-0.05, 0) is 19.3 Å². The molecule has 156 valence electrons. The zero-order valence-electron chi connectivity index (χ0n) is 14.6. The SMILES string of the molecule is O=C(COCC1CCS(=O)(=O)C12CNC2)N1CCCC1.O=C(O)C(F)(F)F. The minimum absolute atomic E-state index is 0.0279. The highest BCUT2D eigenvalue weighted by Gasteiger charge is 2.58. The van der Waals surface area contributed by atoms with Gasteiger partial charge in [0.25, 0.3) is 0 Å². The maximum Gasteiger partial charge on any atom is 0.490 e. The number of rotatable bonds is 4. The molecule has 3 heterocycles. The highest BCUT2D eigenvalue weighted by atomic mass is 32.2. The van der Waals surface area contributed by atoms with E-state index in [-0.39, 0.29) is 24.2 Å². The maximum absolute atomic E-state index is 12.1. The van der Waals surface area contributed by atoms with Gasteiger partial charge in [0.05, 0.1) is 12.4 Å². The second kappa shape index (κ2) is 8.31. The first kappa shape index (κ1) is 21.9. The molecule has 1 amide bonds. The van der Waals surface area contributed by atoms with Crippen molar-refractivity contribution in [2.75, 3.05) is 45.1 Å². The molecular weight excluding hydrogens is 393 g/mol. The van der Waals surface area contributed by atoms with Crippen LogP contribution >= 0.6 is 0 Å². The van der Waals surface area contributed by atoms with E-state index < -0.39 is 26.7 Å². The second-order valence-electron chi connectivity index (χ2n) is 6.88. The van der Waals surface area contributed by atoms with Crippen LogP contribution in [0.4, 0.5) is 13.2 Å². The topological polar surface area (TPSA) is 113 Å². The van der Waals surface area contributed by atoms with Crippen molar-refractivity contribution in [1.82, 2.24) is 10.2 Å². The van der Waals surface area contributed by atoms with Gasteiger partial charge in [0.15, 0.2) is 9.84 Å². The molecule has 3 fully saturated rings. The summed E-state index contributed by atoms with van der Waals surface area (Å²) in [5.41, 5.74) is 0. The summed E-state index contributed by atoms with van der Waals surface area (Å²) in [4.78, 5) is 22.6. The van der Waals surface area contributed by atoms with E-state index in [0.717, 1.165) is 25.9 Å². The number of carboxylic acid groups (broad SMARTS) is 1. The van der Waals surface area contributed by atoms with Gasteiger partial charge in [-0.2, -0.15) is 13.2 Å². The molecule has 1 spiro atoms. The zero-order valence-corrected chi connectivity index (χ0v) is 15.4. The smallest absolute Gasteiger partial charge is 0.475 e. The molecule has 0 aliphatic carbocycles. The first-order valence-corrected chi connectivity index (χ1v) is 10.2. The second-order valence-corrected chi connectivity index (χ2v) is 9.33. The van der Waals surface area contributed by atoms with Gasteiger partial charge in [-0.3, -0.25) is 4.79 Å². The Kier molecular flexibility index (Phi) is 6.74. The molecule has 0 aromatic rings. The zero-order chi connectivity index (χ0) is 20.3. The van der Waals surface area contributed by atoms with Crippen LogP contribution in [0.5, 0.6) is 0 Å². The van der Waals surface area contributed by atoms with Crippen molar-refractivity contribution >= 4 is 21.7 Å². The molecule has 0 aromatic heterocycles. The highest BCUT2D eigenvalue weighted by molar-refractivity contribution is 7.93. The van der Waals surface area contributed by atoms with Gasteiger partial charge in [0.2, 0.25) is 5.91 Å². The summed E-state index contributed by atoms with van der Waals surface area (Å²) in [5.74, 6) is -2.44. The van der Waals surface area contributed by atoms with Crippen LogP contribution in [0.2, 0.25) is 0 Å². The summed E-state index contributed by atoms with van der Waals surface area (Å²) in [5, 5.41) is 10.2. The lowest BCUT2D eigenvalue weighted by atomic mass is 9.85. The number of carbonyl (C=O) groups is 2. The molecule has 8 nitrogen and oxygen atoms in total. The molecule has 27 heavy (non-hydrogen) atoms. The number of halogens is 3. The van der Waals surface area contributed by atoms with Crippen molar-refractivity contribution in [3.05, 3.63) is 0 Å². The molecule has 3 rings (SSSR count). The number of amides is 1. The third kappa shape index (κ3) is 4.91. The Hall–Kier alpha value is -1.40. The van der Waals surface area contributed by atoms with E-state index >= 15 is 0 Å². The molecule has 0 radical (unpaired) electrons. The summed E-state index contributed by atoms with van der Waals surface area (Å²) in [6, 6.07) is 0. The Morgan fingerprint density at radius 3 is 2.22 bits per heavy atom. The Morgan fingerprint density at radius 2 is 1.78 bits per heavy atom. The number of hydrogen-bond acceptors (Lipinski definition) is 6. The van der Waals surface area contributed by atoms with Crippen molar-refractivity contribution in [2.24, 2.45) is 5.92 Å². The van der Waals surface area contributed by atoms with Crippen molar-refractivity contribution < 1.29 is 41.0 Å². The first-order valence-electron chi connectivity index (χ1n) is 8.58. The van der Waals surface area contributed by atoms with Gasteiger partial charge < -0.3 is 20.1 Å².